The molecule has 2 N–H and O–H groups in total. The van der Waals surface area contributed by atoms with Crippen LogP contribution in [0, 0.1) is 0 Å². The normalized spacial score (nSPS) is 10.4. The highest BCUT2D eigenvalue weighted by Gasteiger charge is 2.07. The minimum Gasteiger partial charge on any atom is -0.396 e. The predicted octanol–water partition coefficient (Wildman–Crippen LogP) is 2.23. The summed E-state index contributed by atoms with van der Waals surface area (Å²) in [6.45, 7) is 0.764. The number of nitrogens with one attached hydrogen (secondary N) is 1. The Kier molecular flexibility index (Phi) is 7.42. The van der Waals surface area contributed by atoms with Gasteiger partial charge in [-0.05, 0) is 24.3 Å². The standard InChI is InChI=1S/C11H14Cl2N2O2S/c12-9-6-8(7-10(13)15-9)11(17)14-2-5-18-4-1-3-16/h6-7,16H,1-5H2,(H,14,17). The number of amides is 1. The van der Waals surface area contributed by atoms with Crippen LogP contribution in [0.3, 0.4) is 0 Å². The van der Waals surface area contributed by atoms with Gasteiger partial charge >= 0.3 is 0 Å². The maximum Gasteiger partial charge on any atom is 0.251 e. The summed E-state index contributed by atoms with van der Waals surface area (Å²) in [7, 11) is 0. The lowest BCUT2D eigenvalue weighted by molar-refractivity contribution is 0.0956. The molecule has 0 atom stereocenters. The van der Waals surface area contributed by atoms with Crippen molar-refractivity contribution in [1.29, 1.82) is 0 Å². The van der Waals surface area contributed by atoms with Gasteiger partial charge in [0, 0.05) is 24.5 Å². The van der Waals surface area contributed by atoms with Crippen molar-refractivity contribution in [3.63, 3.8) is 0 Å². The van der Waals surface area contributed by atoms with E-state index in [0.717, 1.165) is 17.9 Å². The van der Waals surface area contributed by atoms with Crippen LogP contribution in [0.2, 0.25) is 10.3 Å². The van der Waals surface area contributed by atoms with Crippen molar-refractivity contribution in [3.8, 4) is 0 Å². The fourth-order valence-electron chi connectivity index (χ4n) is 1.20. The number of hydrogen-bond acceptors (Lipinski definition) is 4. The number of aliphatic hydroxyl groups excluding tert-OH is 1. The summed E-state index contributed by atoms with van der Waals surface area (Å²) in [5, 5.41) is 11.8. The Labute approximate surface area is 120 Å². The highest BCUT2D eigenvalue weighted by atomic mass is 35.5. The molecular formula is C11H14Cl2N2O2S. The van der Waals surface area contributed by atoms with Crippen molar-refractivity contribution < 1.29 is 9.90 Å². The summed E-state index contributed by atoms with van der Waals surface area (Å²) in [4.78, 5) is 15.5. The van der Waals surface area contributed by atoms with Crippen molar-refractivity contribution in [2.45, 2.75) is 6.42 Å². The number of aromatic nitrogens is 1. The van der Waals surface area contributed by atoms with Gasteiger partial charge in [0.15, 0.2) is 0 Å². The lowest BCUT2D eigenvalue weighted by atomic mass is 10.2. The number of carbonyl (C=O) groups is 1. The highest BCUT2D eigenvalue weighted by molar-refractivity contribution is 7.99. The number of aliphatic hydroxyl groups is 1. The third-order valence-corrected chi connectivity index (χ3v) is 3.46. The topological polar surface area (TPSA) is 62.2 Å². The first-order valence-corrected chi connectivity index (χ1v) is 7.34. The van der Waals surface area contributed by atoms with E-state index in [9.17, 15) is 4.79 Å². The van der Waals surface area contributed by atoms with Gasteiger partial charge in [0.05, 0.1) is 0 Å². The smallest absolute Gasteiger partial charge is 0.251 e. The number of thioether (sulfide) groups is 1. The first-order valence-electron chi connectivity index (χ1n) is 5.43. The molecule has 7 heteroatoms. The Hall–Kier alpha value is -0.490. The molecule has 4 nitrogen and oxygen atoms in total. The molecule has 1 amide bonds. The minimum atomic E-state index is -0.219. The third kappa shape index (κ3) is 5.91. The summed E-state index contributed by atoms with van der Waals surface area (Å²) in [6.07, 6.45) is 0.772. The zero-order valence-corrected chi connectivity index (χ0v) is 12.0. The lowest BCUT2D eigenvalue weighted by Gasteiger charge is -2.05. The van der Waals surface area contributed by atoms with Gasteiger partial charge in [-0.25, -0.2) is 4.98 Å². The van der Waals surface area contributed by atoms with Crippen LogP contribution in [0.1, 0.15) is 16.8 Å². The summed E-state index contributed by atoms with van der Waals surface area (Å²) in [5.74, 6) is 1.47. The highest BCUT2D eigenvalue weighted by Crippen LogP contribution is 2.14. The fourth-order valence-corrected chi connectivity index (χ4v) is 2.45. The third-order valence-electron chi connectivity index (χ3n) is 2.00. The lowest BCUT2D eigenvalue weighted by Crippen LogP contribution is -2.25. The molecule has 0 fully saturated rings. The maximum absolute atomic E-state index is 11.7. The molecule has 0 radical (unpaired) electrons. The van der Waals surface area contributed by atoms with Gasteiger partial charge in [-0.3, -0.25) is 4.79 Å². The zero-order chi connectivity index (χ0) is 13.4. The van der Waals surface area contributed by atoms with E-state index in [1.807, 2.05) is 0 Å². The fraction of sp³-hybridized carbons (Fsp3) is 0.455. The van der Waals surface area contributed by atoms with Gasteiger partial charge in [-0.2, -0.15) is 11.8 Å². The Bertz CT molecular complexity index is 384. The van der Waals surface area contributed by atoms with Crippen LogP contribution in [0.4, 0.5) is 0 Å². The van der Waals surface area contributed by atoms with Crippen LogP contribution in [0.25, 0.3) is 0 Å². The Morgan fingerprint density at radius 1 is 1.33 bits per heavy atom. The molecule has 0 spiro atoms. The first-order chi connectivity index (χ1) is 8.63. The quantitative estimate of drug-likeness (QED) is 0.599. The molecule has 1 heterocycles. The Balaban J connectivity index is 2.32. The van der Waals surface area contributed by atoms with Gasteiger partial charge in [-0.1, -0.05) is 23.2 Å². The Morgan fingerprint density at radius 3 is 2.61 bits per heavy atom. The van der Waals surface area contributed by atoms with Crippen LogP contribution >= 0.6 is 35.0 Å². The van der Waals surface area contributed by atoms with Crippen molar-refractivity contribution in [2.24, 2.45) is 0 Å². The monoisotopic (exact) mass is 308 g/mol. The molecule has 0 saturated heterocycles. The molecule has 100 valence electrons. The van der Waals surface area contributed by atoms with E-state index in [2.05, 4.69) is 10.3 Å². The van der Waals surface area contributed by atoms with Crippen LogP contribution in [0.5, 0.6) is 0 Å². The molecule has 0 bridgehead atoms. The van der Waals surface area contributed by atoms with Gasteiger partial charge in [-0.15, -0.1) is 0 Å². The molecule has 0 saturated carbocycles. The summed E-state index contributed by atoms with van der Waals surface area (Å²) < 4.78 is 0. The van der Waals surface area contributed by atoms with Gasteiger partial charge in [0.2, 0.25) is 0 Å². The van der Waals surface area contributed by atoms with E-state index in [1.165, 1.54) is 12.1 Å². The van der Waals surface area contributed by atoms with E-state index in [-0.39, 0.29) is 22.8 Å². The second-order valence-electron chi connectivity index (χ2n) is 3.45. The van der Waals surface area contributed by atoms with Crippen molar-refractivity contribution in [3.05, 3.63) is 28.0 Å². The predicted molar refractivity (Wildman–Crippen MR) is 75.6 cm³/mol. The number of nitrogens with zero attached hydrogens (tertiary/aromatic N) is 1. The summed E-state index contributed by atoms with van der Waals surface area (Å²) in [6, 6.07) is 2.95. The molecule has 0 unspecified atom stereocenters. The number of halogens is 2. The van der Waals surface area contributed by atoms with Gasteiger partial charge in [0.1, 0.15) is 10.3 Å². The SMILES string of the molecule is O=C(NCCSCCCO)c1cc(Cl)nc(Cl)c1. The second-order valence-corrected chi connectivity index (χ2v) is 5.45. The van der Waals surface area contributed by atoms with E-state index < -0.39 is 0 Å². The van der Waals surface area contributed by atoms with Crippen LogP contribution in [-0.2, 0) is 0 Å². The summed E-state index contributed by atoms with van der Waals surface area (Å²) in [5.41, 5.74) is 0.403. The average Bonchev–Trinajstić information content (AvgIpc) is 2.32. The van der Waals surface area contributed by atoms with E-state index >= 15 is 0 Å². The van der Waals surface area contributed by atoms with Crippen molar-refractivity contribution >= 4 is 40.9 Å². The van der Waals surface area contributed by atoms with Gasteiger partial charge < -0.3 is 10.4 Å². The second kappa shape index (κ2) is 8.58. The molecule has 1 rings (SSSR count). The molecule has 0 aliphatic heterocycles. The van der Waals surface area contributed by atoms with Crippen molar-refractivity contribution in [1.82, 2.24) is 10.3 Å². The largest absolute Gasteiger partial charge is 0.396 e. The van der Waals surface area contributed by atoms with E-state index in [4.69, 9.17) is 28.3 Å². The molecule has 1 aromatic rings. The van der Waals surface area contributed by atoms with E-state index in [0.29, 0.717) is 12.1 Å². The molecule has 1 aromatic heterocycles. The first kappa shape index (κ1) is 15.6. The molecule has 0 aliphatic carbocycles. The van der Waals surface area contributed by atoms with Crippen LogP contribution < -0.4 is 5.32 Å². The number of hydrogen-bond donors (Lipinski definition) is 2. The molecule has 0 aliphatic rings. The van der Waals surface area contributed by atoms with Crippen LogP contribution in [0.15, 0.2) is 12.1 Å². The van der Waals surface area contributed by atoms with Gasteiger partial charge in [0.25, 0.3) is 5.91 Å². The van der Waals surface area contributed by atoms with E-state index in [1.54, 1.807) is 11.8 Å². The van der Waals surface area contributed by atoms with Crippen molar-refractivity contribution in [2.75, 3.05) is 24.7 Å². The molecule has 0 aromatic carbocycles. The maximum atomic E-state index is 11.7. The minimum absolute atomic E-state index is 0.199. The van der Waals surface area contributed by atoms with Crippen LogP contribution in [-0.4, -0.2) is 40.7 Å². The Morgan fingerprint density at radius 2 is 2.00 bits per heavy atom. The summed E-state index contributed by atoms with van der Waals surface area (Å²) >= 11 is 13.1. The zero-order valence-electron chi connectivity index (χ0n) is 9.66. The molecular weight excluding hydrogens is 295 g/mol. The molecule has 18 heavy (non-hydrogen) atoms. The number of pyridine rings is 1. The average molecular weight is 309 g/mol. The number of carbonyl (C=O) groups excluding carboxylic acids is 1. The number of rotatable bonds is 7.